The second-order valence-electron chi connectivity index (χ2n) is 2.66. The molecule has 2 rings (SSSR count). The Hall–Kier alpha value is -1.40. The third-order valence-corrected chi connectivity index (χ3v) is 2.24. The lowest BCUT2D eigenvalue weighted by atomic mass is 10.4. The zero-order chi connectivity index (χ0) is 9.80. The molecule has 0 fully saturated rings. The Balaban J connectivity index is 1.81. The molecule has 0 aromatic carbocycles. The van der Waals surface area contributed by atoms with Crippen LogP contribution in [0, 0.1) is 0 Å². The van der Waals surface area contributed by atoms with Crippen molar-refractivity contribution in [1.29, 1.82) is 0 Å². The van der Waals surface area contributed by atoms with E-state index in [-0.39, 0.29) is 0 Å². The first-order valence-corrected chi connectivity index (χ1v) is 4.80. The summed E-state index contributed by atoms with van der Waals surface area (Å²) in [7, 11) is 0. The third-order valence-electron chi connectivity index (χ3n) is 1.65. The van der Waals surface area contributed by atoms with Crippen molar-refractivity contribution in [2.24, 2.45) is 0 Å². The Bertz CT molecular complexity index is 385. The predicted octanol–water partition coefficient (Wildman–Crippen LogP) is 1.43. The molecule has 0 saturated carbocycles. The van der Waals surface area contributed by atoms with Gasteiger partial charge in [0.2, 0.25) is 0 Å². The second kappa shape index (κ2) is 4.21. The molecule has 0 unspecified atom stereocenters. The number of nitrogens with zero attached hydrogens (tertiary/aromatic N) is 2. The highest BCUT2D eigenvalue weighted by Gasteiger charge is 2.04. The van der Waals surface area contributed by atoms with Crippen LogP contribution in [0.3, 0.4) is 0 Å². The number of hydrogen-bond acceptors (Lipinski definition) is 6. The van der Waals surface area contributed by atoms with Crippen molar-refractivity contribution < 1.29 is 9.15 Å². The van der Waals surface area contributed by atoms with Gasteiger partial charge in [0.1, 0.15) is 23.1 Å². The molecule has 0 aliphatic carbocycles. The first-order valence-electron chi connectivity index (χ1n) is 4.03. The summed E-state index contributed by atoms with van der Waals surface area (Å²) < 4.78 is 14.1. The molecule has 2 N–H and O–H groups in total. The van der Waals surface area contributed by atoms with Crippen molar-refractivity contribution in [1.82, 2.24) is 9.59 Å². The molecule has 14 heavy (non-hydrogen) atoms. The number of rotatable bonds is 4. The van der Waals surface area contributed by atoms with Crippen LogP contribution in [0.25, 0.3) is 0 Å². The fourth-order valence-electron chi connectivity index (χ4n) is 0.959. The molecular formula is C8H9N3O2S. The number of ether oxygens (including phenoxy) is 1. The Labute approximate surface area is 84.7 Å². The van der Waals surface area contributed by atoms with Gasteiger partial charge in [0.05, 0.1) is 12.9 Å². The zero-order valence-electron chi connectivity index (χ0n) is 7.34. The van der Waals surface area contributed by atoms with E-state index in [0.717, 1.165) is 5.76 Å². The number of furan rings is 1. The Kier molecular flexibility index (Phi) is 2.76. The van der Waals surface area contributed by atoms with Gasteiger partial charge in [0, 0.05) is 11.5 Å². The smallest absolute Gasteiger partial charge is 0.133 e. The quantitative estimate of drug-likeness (QED) is 0.828. The zero-order valence-corrected chi connectivity index (χ0v) is 8.16. The highest BCUT2D eigenvalue weighted by molar-refractivity contribution is 7.09. The van der Waals surface area contributed by atoms with Crippen molar-refractivity contribution >= 4 is 16.5 Å². The largest absolute Gasteiger partial charge is 0.467 e. The van der Waals surface area contributed by atoms with Crippen LogP contribution < -0.4 is 5.73 Å². The van der Waals surface area contributed by atoms with Gasteiger partial charge in [-0.2, -0.15) is 0 Å². The van der Waals surface area contributed by atoms with E-state index in [1.807, 2.05) is 12.1 Å². The van der Waals surface area contributed by atoms with Gasteiger partial charge in [-0.05, 0) is 12.1 Å². The minimum absolute atomic E-state index is 0.364. The van der Waals surface area contributed by atoms with Gasteiger partial charge in [-0.1, -0.05) is 4.49 Å². The molecule has 0 aliphatic heterocycles. The SMILES string of the molecule is Nc1snnc1COCc1ccco1. The fourth-order valence-corrected chi connectivity index (χ4v) is 1.39. The van der Waals surface area contributed by atoms with Crippen LogP contribution in [0.5, 0.6) is 0 Å². The van der Waals surface area contributed by atoms with E-state index in [4.69, 9.17) is 14.9 Å². The number of nitrogen functional groups attached to an aromatic ring is 1. The van der Waals surface area contributed by atoms with Crippen LogP contribution in [0.2, 0.25) is 0 Å². The summed E-state index contributed by atoms with van der Waals surface area (Å²) in [5, 5.41) is 4.42. The van der Waals surface area contributed by atoms with Gasteiger partial charge in [0.15, 0.2) is 0 Å². The first kappa shape index (κ1) is 9.17. The molecule has 0 spiro atoms. The third kappa shape index (κ3) is 2.09. The maximum Gasteiger partial charge on any atom is 0.133 e. The molecule has 2 aromatic rings. The topological polar surface area (TPSA) is 74.2 Å². The normalized spacial score (nSPS) is 10.6. The first-order chi connectivity index (χ1) is 6.86. The van der Waals surface area contributed by atoms with Crippen molar-refractivity contribution in [3.05, 3.63) is 29.9 Å². The van der Waals surface area contributed by atoms with E-state index in [0.29, 0.717) is 23.9 Å². The summed E-state index contributed by atoms with van der Waals surface area (Å²) >= 11 is 1.17. The van der Waals surface area contributed by atoms with Crippen LogP contribution in [0.1, 0.15) is 11.5 Å². The summed E-state index contributed by atoms with van der Waals surface area (Å²) in [6.45, 7) is 0.785. The average Bonchev–Trinajstić information content (AvgIpc) is 2.78. The van der Waals surface area contributed by atoms with Crippen molar-refractivity contribution in [3.63, 3.8) is 0 Å². The van der Waals surface area contributed by atoms with Crippen LogP contribution in [0.15, 0.2) is 22.8 Å². The van der Waals surface area contributed by atoms with Crippen LogP contribution in [-0.2, 0) is 18.0 Å². The van der Waals surface area contributed by atoms with Gasteiger partial charge in [-0.3, -0.25) is 0 Å². The highest BCUT2D eigenvalue weighted by Crippen LogP contribution is 2.14. The minimum atomic E-state index is 0.364. The molecule has 0 amide bonds. The summed E-state index contributed by atoms with van der Waals surface area (Å²) in [6, 6.07) is 3.67. The Morgan fingerprint density at radius 1 is 1.50 bits per heavy atom. The van der Waals surface area contributed by atoms with Gasteiger partial charge in [-0.15, -0.1) is 5.10 Å². The predicted molar refractivity (Wildman–Crippen MR) is 51.5 cm³/mol. The van der Waals surface area contributed by atoms with Gasteiger partial charge in [0.25, 0.3) is 0 Å². The fraction of sp³-hybridized carbons (Fsp3) is 0.250. The molecular weight excluding hydrogens is 202 g/mol. The van der Waals surface area contributed by atoms with E-state index >= 15 is 0 Å². The Morgan fingerprint density at radius 3 is 3.07 bits per heavy atom. The van der Waals surface area contributed by atoms with E-state index in [2.05, 4.69) is 9.59 Å². The van der Waals surface area contributed by atoms with Crippen molar-refractivity contribution in [2.75, 3.05) is 5.73 Å². The average molecular weight is 211 g/mol. The lowest BCUT2D eigenvalue weighted by Gasteiger charge is -1.98. The lowest BCUT2D eigenvalue weighted by Crippen LogP contribution is -1.96. The van der Waals surface area contributed by atoms with Crippen LogP contribution in [-0.4, -0.2) is 9.59 Å². The number of nitrogens with two attached hydrogens (primary N) is 1. The minimum Gasteiger partial charge on any atom is -0.467 e. The summed E-state index contributed by atoms with van der Waals surface area (Å²) in [6.07, 6.45) is 1.61. The number of hydrogen-bond donors (Lipinski definition) is 1. The van der Waals surface area contributed by atoms with Gasteiger partial charge in [-0.25, -0.2) is 0 Å². The maximum absolute atomic E-state index is 5.59. The molecule has 2 heterocycles. The van der Waals surface area contributed by atoms with E-state index in [9.17, 15) is 0 Å². The van der Waals surface area contributed by atoms with E-state index in [1.165, 1.54) is 11.5 Å². The number of anilines is 1. The molecule has 6 heteroatoms. The summed E-state index contributed by atoms with van der Waals surface area (Å²) in [4.78, 5) is 0. The maximum atomic E-state index is 5.59. The van der Waals surface area contributed by atoms with E-state index < -0.39 is 0 Å². The van der Waals surface area contributed by atoms with Crippen LogP contribution >= 0.6 is 11.5 Å². The van der Waals surface area contributed by atoms with E-state index in [1.54, 1.807) is 6.26 Å². The molecule has 0 radical (unpaired) electrons. The van der Waals surface area contributed by atoms with Crippen LogP contribution in [0.4, 0.5) is 5.00 Å². The molecule has 2 aromatic heterocycles. The summed E-state index contributed by atoms with van der Waals surface area (Å²) in [5.74, 6) is 0.784. The summed E-state index contributed by atoms with van der Waals surface area (Å²) in [5.41, 5.74) is 6.27. The highest BCUT2D eigenvalue weighted by atomic mass is 32.1. The molecule has 0 bridgehead atoms. The molecule has 0 saturated heterocycles. The van der Waals surface area contributed by atoms with Gasteiger partial charge >= 0.3 is 0 Å². The molecule has 0 atom stereocenters. The van der Waals surface area contributed by atoms with Crippen molar-refractivity contribution in [3.8, 4) is 0 Å². The van der Waals surface area contributed by atoms with Gasteiger partial charge < -0.3 is 14.9 Å². The molecule has 5 nitrogen and oxygen atoms in total. The standard InChI is InChI=1S/C8H9N3O2S/c9-8-7(10-11-14-8)5-12-4-6-2-1-3-13-6/h1-3H,4-5,9H2. The molecule has 0 aliphatic rings. The number of aromatic nitrogens is 2. The second-order valence-corrected chi connectivity index (χ2v) is 3.44. The van der Waals surface area contributed by atoms with Crippen molar-refractivity contribution in [2.45, 2.75) is 13.2 Å². The Morgan fingerprint density at radius 2 is 2.43 bits per heavy atom. The lowest BCUT2D eigenvalue weighted by molar-refractivity contribution is 0.0910. The molecule has 74 valence electrons. The monoisotopic (exact) mass is 211 g/mol.